The van der Waals surface area contributed by atoms with E-state index in [1.54, 1.807) is 43.6 Å². The maximum Gasteiger partial charge on any atom is 0.242 e. The van der Waals surface area contributed by atoms with Gasteiger partial charge in [-0.2, -0.15) is 0 Å². The fourth-order valence-corrected chi connectivity index (χ4v) is 4.09. The van der Waals surface area contributed by atoms with Crippen molar-refractivity contribution >= 4 is 11.8 Å². The highest BCUT2D eigenvalue weighted by molar-refractivity contribution is 5.86. The molecular weight excluding hydrogens is 466 g/mol. The van der Waals surface area contributed by atoms with Crippen LogP contribution in [0.2, 0.25) is 0 Å². The van der Waals surface area contributed by atoms with Gasteiger partial charge in [-0.1, -0.05) is 42.7 Å². The van der Waals surface area contributed by atoms with Crippen molar-refractivity contribution in [3.8, 4) is 11.8 Å². The molecule has 0 saturated carbocycles. The Hall–Kier alpha value is -4.15. The summed E-state index contributed by atoms with van der Waals surface area (Å²) in [6, 6.07) is 11.1. The van der Waals surface area contributed by atoms with Crippen molar-refractivity contribution in [3.63, 3.8) is 0 Å². The lowest BCUT2D eigenvalue weighted by Crippen LogP contribution is -2.60. The third-order valence-electron chi connectivity index (χ3n) is 6.38. The fraction of sp³-hybridized carbons (Fsp3) is 0.300. The average Bonchev–Trinajstić information content (AvgIpc) is 2.90. The van der Waals surface area contributed by atoms with E-state index in [4.69, 9.17) is 4.74 Å². The third-order valence-corrected chi connectivity index (χ3v) is 6.38. The summed E-state index contributed by atoms with van der Waals surface area (Å²) in [5.41, 5.74) is 3.51. The largest absolute Gasteiger partial charge is 0.497 e. The zero-order valence-electron chi connectivity index (χ0n) is 21.6. The molecular formula is C30H33N3O4. The van der Waals surface area contributed by atoms with Gasteiger partial charge in [-0.25, -0.2) is 0 Å². The van der Waals surface area contributed by atoms with Crippen LogP contribution in [0.3, 0.4) is 0 Å². The second kappa shape index (κ2) is 13.2. The van der Waals surface area contributed by atoms with Gasteiger partial charge in [0.25, 0.3) is 0 Å². The molecule has 2 aromatic rings. The zero-order valence-corrected chi connectivity index (χ0v) is 21.6. The number of amides is 2. The second-order valence-electron chi connectivity index (χ2n) is 8.76. The van der Waals surface area contributed by atoms with Gasteiger partial charge in [-0.3, -0.25) is 14.6 Å². The molecule has 1 N–H and O–H groups in total. The Morgan fingerprint density at radius 3 is 2.65 bits per heavy atom. The number of aliphatic hydroxyl groups is 1. The first kappa shape index (κ1) is 27.4. The number of ether oxygens (including phenoxy) is 1. The topological polar surface area (TPSA) is 83.0 Å². The van der Waals surface area contributed by atoms with E-state index in [9.17, 15) is 14.7 Å². The van der Waals surface area contributed by atoms with Gasteiger partial charge in [0.1, 0.15) is 5.76 Å². The molecule has 2 unspecified atom stereocenters. The number of hydrogen-bond donors (Lipinski definition) is 1. The third kappa shape index (κ3) is 7.18. The molecule has 2 heterocycles. The van der Waals surface area contributed by atoms with E-state index in [-0.39, 0.29) is 43.3 Å². The van der Waals surface area contributed by atoms with E-state index < -0.39 is 0 Å². The van der Waals surface area contributed by atoms with Gasteiger partial charge in [0, 0.05) is 43.0 Å². The maximum absolute atomic E-state index is 12.9. The number of pyridine rings is 1. The molecule has 37 heavy (non-hydrogen) atoms. The molecule has 192 valence electrons. The number of methoxy groups -OCH3 is 1. The maximum atomic E-state index is 12.9. The molecule has 0 radical (unpaired) electrons. The van der Waals surface area contributed by atoms with E-state index in [1.807, 2.05) is 49.4 Å². The molecule has 1 aliphatic heterocycles. The lowest BCUT2D eigenvalue weighted by Gasteiger charge is -2.48. The molecule has 2 atom stereocenters. The molecule has 1 fully saturated rings. The molecule has 1 aromatic heterocycles. The van der Waals surface area contributed by atoms with Crippen LogP contribution in [0.1, 0.15) is 29.5 Å². The van der Waals surface area contributed by atoms with E-state index >= 15 is 0 Å². The summed E-state index contributed by atoms with van der Waals surface area (Å²) in [6.07, 6.45) is 8.83. The predicted molar refractivity (Wildman–Crippen MR) is 143 cm³/mol. The van der Waals surface area contributed by atoms with E-state index in [1.165, 1.54) is 4.90 Å². The first-order valence-electron chi connectivity index (χ1n) is 12.1. The lowest BCUT2D eigenvalue weighted by molar-refractivity contribution is -0.147. The van der Waals surface area contributed by atoms with Crippen LogP contribution in [0.5, 0.6) is 0 Å². The van der Waals surface area contributed by atoms with Crippen molar-refractivity contribution in [1.82, 2.24) is 14.8 Å². The highest BCUT2D eigenvalue weighted by Crippen LogP contribution is 2.34. The van der Waals surface area contributed by atoms with Crippen molar-refractivity contribution in [2.24, 2.45) is 0 Å². The molecule has 7 nitrogen and oxygen atoms in total. The first-order chi connectivity index (χ1) is 17.9. The van der Waals surface area contributed by atoms with Crippen LogP contribution in [0.4, 0.5) is 0 Å². The minimum atomic E-state index is -0.322. The molecule has 3 rings (SSSR count). The number of hydrogen-bond acceptors (Lipinski definition) is 5. The minimum absolute atomic E-state index is 0.0262. The lowest BCUT2D eigenvalue weighted by atomic mass is 9.82. The van der Waals surface area contributed by atoms with Crippen LogP contribution in [-0.4, -0.2) is 71.6 Å². The molecule has 7 heteroatoms. The standard InChI is InChI=1S/C30H33N3O4/c1-5-22(16-26(6-2)37-4)9-10-23-11-13-25(14-12-23)27-19-33(28(27)21-34)30(36)20-32(3)29(35)17-24-8-7-15-31-18-24/h5-8,11-16,18,27-28,34H,2,17,19-21H2,1,3-4H3/b22-5-,26-16+. The summed E-state index contributed by atoms with van der Waals surface area (Å²) in [5, 5.41) is 9.98. The van der Waals surface area contributed by atoms with E-state index in [0.717, 1.165) is 22.3 Å². The first-order valence-corrected chi connectivity index (χ1v) is 12.1. The number of rotatable bonds is 9. The Labute approximate surface area is 218 Å². The number of nitrogens with zero attached hydrogens (tertiary/aromatic N) is 3. The van der Waals surface area contributed by atoms with Gasteiger partial charge in [-0.05, 0) is 48.4 Å². The van der Waals surface area contributed by atoms with E-state index in [0.29, 0.717) is 12.3 Å². The molecule has 0 aliphatic carbocycles. The Bertz CT molecular complexity index is 1220. The minimum Gasteiger partial charge on any atom is -0.497 e. The average molecular weight is 500 g/mol. The molecule has 1 aliphatic rings. The Morgan fingerprint density at radius 1 is 1.30 bits per heavy atom. The number of likely N-dealkylation sites (N-methyl/N-ethyl adjacent to an activating group) is 1. The number of allylic oxidation sites excluding steroid dienone is 4. The number of carbonyl (C=O) groups excluding carboxylic acids is 2. The number of likely N-dealkylation sites (tertiary alicyclic amines) is 1. The van der Waals surface area contributed by atoms with Crippen LogP contribution >= 0.6 is 0 Å². The van der Waals surface area contributed by atoms with Gasteiger partial charge in [0.05, 0.1) is 32.7 Å². The van der Waals surface area contributed by atoms with Gasteiger partial charge in [0.15, 0.2) is 0 Å². The van der Waals surface area contributed by atoms with Crippen molar-refractivity contribution in [2.45, 2.75) is 25.3 Å². The van der Waals surface area contributed by atoms with Gasteiger partial charge >= 0.3 is 0 Å². The van der Waals surface area contributed by atoms with Crippen molar-refractivity contribution < 1.29 is 19.4 Å². The quantitative estimate of drug-likeness (QED) is 0.326. The van der Waals surface area contributed by atoms with Gasteiger partial charge < -0.3 is 19.6 Å². The molecule has 0 spiro atoms. The summed E-state index contributed by atoms with van der Waals surface area (Å²) in [7, 11) is 3.20. The highest BCUT2D eigenvalue weighted by atomic mass is 16.5. The number of aromatic nitrogens is 1. The van der Waals surface area contributed by atoms with E-state index in [2.05, 4.69) is 23.4 Å². The Morgan fingerprint density at radius 2 is 2.05 bits per heavy atom. The summed E-state index contributed by atoms with van der Waals surface area (Å²) in [5.74, 6) is 6.60. The van der Waals surface area contributed by atoms with Crippen molar-refractivity contribution in [1.29, 1.82) is 0 Å². The monoisotopic (exact) mass is 499 g/mol. The van der Waals surface area contributed by atoms with Crippen molar-refractivity contribution in [2.75, 3.05) is 33.9 Å². The molecule has 2 amide bonds. The van der Waals surface area contributed by atoms with Crippen LogP contribution in [0.15, 0.2) is 84.9 Å². The molecule has 1 aromatic carbocycles. The number of carbonyl (C=O) groups is 2. The number of benzene rings is 1. The smallest absolute Gasteiger partial charge is 0.242 e. The fourth-order valence-electron chi connectivity index (χ4n) is 4.09. The van der Waals surface area contributed by atoms with Gasteiger partial charge in [-0.15, -0.1) is 0 Å². The highest BCUT2D eigenvalue weighted by Gasteiger charge is 2.42. The molecule has 0 bridgehead atoms. The normalized spacial score (nSPS) is 17.2. The number of aliphatic hydroxyl groups excluding tert-OH is 1. The van der Waals surface area contributed by atoms with Crippen LogP contribution < -0.4 is 0 Å². The van der Waals surface area contributed by atoms with Crippen LogP contribution in [0, 0.1) is 11.8 Å². The SMILES string of the molecule is C=C/C(=C\C(C#Cc1ccc(C2CN(C(=O)CN(C)C(=O)Cc3cccnc3)C2CO)cc1)=C/C)OC. The second-order valence-corrected chi connectivity index (χ2v) is 8.76. The molecule has 1 saturated heterocycles. The summed E-state index contributed by atoms with van der Waals surface area (Å²) < 4.78 is 5.21. The van der Waals surface area contributed by atoms with Crippen LogP contribution in [-0.2, 0) is 20.7 Å². The van der Waals surface area contributed by atoms with Crippen LogP contribution in [0.25, 0.3) is 0 Å². The zero-order chi connectivity index (χ0) is 26.8. The summed E-state index contributed by atoms with van der Waals surface area (Å²) in [6.45, 7) is 5.94. The Kier molecular flexibility index (Phi) is 9.82. The Balaban J connectivity index is 1.58. The summed E-state index contributed by atoms with van der Waals surface area (Å²) >= 11 is 0. The summed E-state index contributed by atoms with van der Waals surface area (Å²) in [4.78, 5) is 32.4. The predicted octanol–water partition coefficient (Wildman–Crippen LogP) is 3.08. The van der Waals surface area contributed by atoms with Gasteiger partial charge in [0.2, 0.25) is 11.8 Å². The van der Waals surface area contributed by atoms with Crippen molar-refractivity contribution in [3.05, 3.63) is 102 Å².